The summed E-state index contributed by atoms with van der Waals surface area (Å²) in [7, 11) is 0. The van der Waals surface area contributed by atoms with Crippen LogP contribution in [0.3, 0.4) is 0 Å². The molecule has 2 unspecified atom stereocenters. The van der Waals surface area contributed by atoms with Gasteiger partial charge >= 0.3 is 6.09 Å². The largest absolute Gasteiger partial charge is 0.444 e. The molecular weight excluding hydrogens is 246 g/mol. The quantitative estimate of drug-likeness (QED) is 0.692. The molecule has 0 aromatic heterocycles. The Hall–Kier alpha value is -1.30. The molecule has 2 fully saturated rings. The molecule has 2 amide bonds. The number of nitrogens with zero attached hydrogens (tertiary/aromatic N) is 2. The van der Waals surface area contributed by atoms with Crippen LogP contribution in [0.1, 0.15) is 27.7 Å². The first kappa shape index (κ1) is 14.1. The number of hydrogen-bond donors (Lipinski definition) is 1. The highest BCUT2D eigenvalue weighted by Gasteiger charge is 2.38. The summed E-state index contributed by atoms with van der Waals surface area (Å²) in [6, 6.07) is -0.0608. The lowest BCUT2D eigenvalue weighted by atomic mass is 10.1. The van der Waals surface area contributed by atoms with Crippen molar-refractivity contribution in [1.29, 1.82) is 0 Å². The molecule has 0 aromatic rings. The van der Waals surface area contributed by atoms with E-state index in [9.17, 15) is 9.59 Å². The van der Waals surface area contributed by atoms with E-state index < -0.39 is 5.60 Å². The van der Waals surface area contributed by atoms with Crippen molar-refractivity contribution in [2.24, 2.45) is 0 Å². The maximum Gasteiger partial charge on any atom is 0.410 e. The van der Waals surface area contributed by atoms with E-state index in [1.807, 2.05) is 32.6 Å². The lowest BCUT2D eigenvalue weighted by Gasteiger charge is -2.45. The molecule has 1 N–H and O–H groups in total. The topological polar surface area (TPSA) is 61.9 Å². The van der Waals surface area contributed by atoms with E-state index in [4.69, 9.17) is 4.74 Å². The molecule has 0 bridgehead atoms. The Labute approximate surface area is 114 Å². The second-order valence-corrected chi connectivity index (χ2v) is 6.24. The van der Waals surface area contributed by atoms with Gasteiger partial charge in [-0.3, -0.25) is 4.79 Å². The summed E-state index contributed by atoms with van der Waals surface area (Å²) >= 11 is 0. The predicted octanol–water partition coefficient (Wildman–Crippen LogP) is 0.426. The van der Waals surface area contributed by atoms with Gasteiger partial charge in [0, 0.05) is 26.2 Å². The standard InChI is InChI=1S/C13H23N3O3/c1-9-11(17)16-6-5-15(8-10(16)7-14-9)12(18)19-13(2,3)4/h9-10,14H,5-8H2,1-4H3. The van der Waals surface area contributed by atoms with E-state index in [-0.39, 0.29) is 24.1 Å². The zero-order chi connectivity index (χ0) is 14.2. The van der Waals surface area contributed by atoms with Gasteiger partial charge in [0.2, 0.25) is 5.91 Å². The number of amides is 2. The number of carbonyl (C=O) groups excluding carboxylic acids is 2. The molecule has 2 aliphatic rings. The van der Waals surface area contributed by atoms with E-state index in [2.05, 4.69) is 5.32 Å². The second-order valence-electron chi connectivity index (χ2n) is 6.24. The molecule has 0 aromatic carbocycles. The highest BCUT2D eigenvalue weighted by Crippen LogP contribution is 2.17. The Bertz CT molecular complexity index is 378. The van der Waals surface area contributed by atoms with Crippen molar-refractivity contribution in [1.82, 2.24) is 15.1 Å². The van der Waals surface area contributed by atoms with Crippen LogP contribution in [0.15, 0.2) is 0 Å². The normalized spacial score (nSPS) is 28.1. The maximum absolute atomic E-state index is 12.0. The molecular formula is C13H23N3O3. The van der Waals surface area contributed by atoms with E-state index in [1.165, 1.54) is 0 Å². The average Bonchev–Trinajstić information content (AvgIpc) is 2.31. The Morgan fingerprint density at radius 1 is 1.37 bits per heavy atom. The minimum absolute atomic E-state index is 0.0602. The summed E-state index contributed by atoms with van der Waals surface area (Å²) in [6.45, 7) is 9.85. The molecule has 6 nitrogen and oxygen atoms in total. The molecule has 0 spiro atoms. The van der Waals surface area contributed by atoms with Crippen molar-refractivity contribution < 1.29 is 14.3 Å². The van der Waals surface area contributed by atoms with Crippen molar-refractivity contribution >= 4 is 12.0 Å². The van der Waals surface area contributed by atoms with E-state index in [1.54, 1.807) is 4.90 Å². The van der Waals surface area contributed by atoms with Crippen LogP contribution in [0.4, 0.5) is 4.79 Å². The number of carbonyl (C=O) groups is 2. The van der Waals surface area contributed by atoms with Crippen molar-refractivity contribution in [2.45, 2.75) is 45.4 Å². The number of ether oxygens (including phenoxy) is 1. The lowest BCUT2D eigenvalue weighted by molar-refractivity contribution is -0.141. The van der Waals surface area contributed by atoms with Crippen LogP contribution >= 0.6 is 0 Å². The van der Waals surface area contributed by atoms with Gasteiger partial charge in [0.15, 0.2) is 0 Å². The van der Waals surface area contributed by atoms with E-state index >= 15 is 0 Å². The Morgan fingerprint density at radius 2 is 2.05 bits per heavy atom. The smallest absolute Gasteiger partial charge is 0.410 e. The van der Waals surface area contributed by atoms with Gasteiger partial charge in [-0.1, -0.05) is 0 Å². The third-order valence-electron chi connectivity index (χ3n) is 3.45. The van der Waals surface area contributed by atoms with Crippen LogP contribution in [-0.4, -0.2) is 65.7 Å². The number of piperazine rings is 2. The SMILES string of the molecule is CC1NCC2CN(C(=O)OC(C)(C)C)CCN2C1=O. The molecule has 6 heteroatoms. The van der Waals surface area contributed by atoms with Gasteiger partial charge < -0.3 is 19.9 Å². The number of fused-ring (bicyclic) bond motifs is 1. The number of hydrogen-bond acceptors (Lipinski definition) is 4. The van der Waals surface area contributed by atoms with Gasteiger partial charge in [0.1, 0.15) is 5.60 Å². The molecule has 0 saturated carbocycles. The molecule has 2 rings (SSSR count). The van der Waals surface area contributed by atoms with Gasteiger partial charge in [0.25, 0.3) is 0 Å². The van der Waals surface area contributed by atoms with Crippen LogP contribution in [0, 0.1) is 0 Å². The molecule has 2 saturated heterocycles. The fourth-order valence-corrected chi connectivity index (χ4v) is 2.46. The van der Waals surface area contributed by atoms with Crippen molar-refractivity contribution in [3.63, 3.8) is 0 Å². The molecule has 0 aliphatic carbocycles. The van der Waals surface area contributed by atoms with Gasteiger partial charge in [-0.15, -0.1) is 0 Å². The zero-order valence-electron chi connectivity index (χ0n) is 12.1. The van der Waals surface area contributed by atoms with E-state index in [0.29, 0.717) is 19.6 Å². The maximum atomic E-state index is 12.0. The van der Waals surface area contributed by atoms with Crippen LogP contribution in [0.5, 0.6) is 0 Å². The Balaban J connectivity index is 1.96. The molecule has 2 aliphatic heterocycles. The Morgan fingerprint density at radius 3 is 2.68 bits per heavy atom. The summed E-state index contributed by atoms with van der Waals surface area (Å²) in [4.78, 5) is 27.6. The first-order chi connectivity index (χ1) is 8.78. The third-order valence-corrected chi connectivity index (χ3v) is 3.45. The molecule has 108 valence electrons. The first-order valence-corrected chi connectivity index (χ1v) is 6.80. The highest BCUT2D eigenvalue weighted by molar-refractivity contribution is 5.83. The summed E-state index contributed by atoms with van der Waals surface area (Å²) < 4.78 is 5.37. The average molecular weight is 269 g/mol. The number of rotatable bonds is 0. The van der Waals surface area contributed by atoms with Gasteiger partial charge in [0.05, 0.1) is 12.1 Å². The van der Waals surface area contributed by atoms with Crippen LogP contribution in [0.25, 0.3) is 0 Å². The van der Waals surface area contributed by atoms with Crippen LogP contribution in [-0.2, 0) is 9.53 Å². The zero-order valence-corrected chi connectivity index (χ0v) is 12.1. The summed E-state index contributed by atoms with van der Waals surface area (Å²) in [5, 5.41) is 3.17. The summed E-state index contributed by atoms with van der Waals surface area (Å²) in [5.74, 6) is 0.125. The molecule has 19 heavy (non-hydrogen) atoms. The monoisotopic (exact) mass is 269 g/mol. The van der Waals surface area contributed by atoms with Gasteiger partial charge in [-0.05, 0) is 27.7 Å². The van der Waals surface area contributed by atoms with Crippen molar-refractivity contribution in [3.8, 4) is 0 Å². The molecule has 2 heterocycles. The minimum Gasteiger partial charge on any atom is -0.444 e. The Kier molecular flexibility index (Phi) is 3.71. The fraction of sp³-hybridized carbons (Fsp3) is 0.846. The summed E-state index contributed by atoms with van der Waals surface area (Å²) in [5.41, 5.74) is -0.483. The summed E-state index contributed by atoms with van der Waals surface area (Å²) in [6.07, 6.45) is -0.293. The van der Waals surface area contributed by atoms with Crippen molar-refractivity contribution in [3.05, 3.63) is 0 Å². The predicted molar refractivity (Wildman–Crippen MR) is 70.8 cm³/mol. The molecule has 0 radical (unpaired) electrons. The fourth-order valence-electron chi connectivity index (χ4n) is 2.46. The van der Waals surface area contributed by atoms with E-state index in [0.717, 1.165) is 6.54 Å². The third kappa shape index (κ3) is 3.18. The lowest BCUT2D eigenvalue weighted by Crippen LogP contribution is -2.66. The molecule has 2 atom stereocenters. The van der Waals surface area contributed by atoms with Crippen LogP contribution < -0.4 is 5.32 Å². The minimum atomic E-state index is -0.483. The highest BCUT2D eigenvalue weighted by atomic mass is 16.6. The first-order valence-electron chi connectivity index (χ1n) is 6.80. The van der Waals surface area contributed by atoms with Crippen molar-refractivity contribution in [2.75, 3.05) is 26.2 Å². The number of nitrogens with one attached hydrogen (secondary N) is 1. The van der Waals surface area contributed by atoms with Crippen LogP contribution in [0.2, 0.25) is 0 Å². The second kappa shape index (κ2) is 5.00. The van der Waals surface area contributed by atoms with Gasteiger partial charge in [-0.25, -0.2) is 4.79 Å². The van der Waals surface area contributed by atoms with Gasteiger partial charge in [-0.2, -0.15) is 0 Å².